The molecule has 2 aromatic heterocycles. The smallest absolute Gasteiger partial charge is 0.240 e. The highest BCUT2D eigenvalue weighted by Gasteiger charge is 2.19. The molecule has 0 N–H and O–H groups in total. The van der Waals surface area contributed by atoms with Crippen molar-refractivity contribution in [1.29, 1.82) is 0 Å². The van der Waals surface area contributed by atoms with E-state index in [1.54, 1.807) is 7.11 Å². The Hall–Kier alpha value is -1.83. The number of aromatic nitrogens is 3. The van der Waals surface area contributed by atoms with E-state index in [-0.39, 0.29) is 6.10 Å². The van der Waals surface area contributed by atoms with Crippen LogP contribution in [0.3, 0.4) is 0 Å². The molecule has 0 amide bonds. The van der Waals surface area contributed by atoms with Crippen molar-refractivity contribution in [2.75, 3.05) is 33.3 Å². The van der Waals surface area contributed by atoms with Crippen molar-refractivity contribution in [3.05, 3.63) is 41.8 Å². The minimum absolute atomic E-state index is 0.138. The third-order valence-corrected chi connectivity index (χ3v) is 4.35. The highest BCUT2D eigenvalue weighted by atomic mass is 16.5. The van der Waals surface area contributed by atoms with Crippen molar-refractivity contribution in [2.45, 2.75) is 32.5 Å². The molecule has 3 rings (SSSR count). The molecular weight excluding hydrogens is 306 g/mol. The van der Waals surface area contributed by atoms with E-state index in [1.165, 1.54) is 0 Å². The maximum absolute atomic E-state index is 5.35. The second-order valence-electron chi connectivity index (χ2n) is 6.15. The third-order valence-electron chi connectivity index (χ3n) is 4.35. The van der Waals surface area contributed by atoms with Crippen LogP contribution in [0.1, 0.15) is 36.9 Å². The molecule has 130 valence electrons. The molecule has 0 radical (unpaired) electrons. The predicted molar refractivity (Wildman–Crippen MR) is 89.1 cm³/mol. The lowest BCUT2D eigenvalue weighted by Gasteiger charge is -2.20. The van der Waals surface area contributed by atoms with Crippen molar-refractivity contribution in [3.63, 3.8) is 0 Å². The van der Waals surface area contributed by atoms with Gasteiger partial charge in [0.1, 0.15) is 6.10 Å². The maximum atomic E-state index is 5.35. The summed E-state index contributed by atoms with van der Waals surface area (Å²) in [6.45, 7) is 7.65. The quantitative estimate of drug-likeness (QED) is 0.800. The summed E-state index contributed by atoms with van der Waals surface area (Å²) >= 11 is 0. The first-order valence-corrected chi connectivity index (χ1v) is 8.44. The van der Waals surface area contributed by atoms with E-state index in [0.29, 0.717) is 18.3 Å². The van der Waals surface area contributed by atoms with Crippen LogP contribution in [0.2, 0.25) is 0 Å². The molecule has 2 aromatic rings. The summed E-state index contributed by atoms with van der Waals surface area (Å²) in [5, 5.41) is 3.99. The highest BCUT2D eigenvalue weighted by Crippen LogP contribution is 2.14. The summed E-state index contributed by atoms with van der Waals surface area (Å²) in [6.07, 6.45) is 2.84. The second-order valence-corrected chi connectivity index (χ2v) is 6.15. The van der Waals surface area contributed by atoms with Crippen LogP contribution < -0.4 is 0 Å². The van der Waals surface area contributed by atoms with Crippen LogP contribution in [0, 0.1) is 0 Å². The lowest BCUT2D eigenvalue weighted by atomic mass is 10.3. The van der Waals surface area contributed by atoms with E-state index in [2.05, 4.69) is 31.0 Å². The van der Waals surface area contributed by atoms with Crippen molar-refractivity contribution in [1.82, 2.24) is 24.9 Å². The van der Waals surface area contributed by atoms with Crippen LogP contribution in [0.15, 0.2) is 28.9 Å². The summed E-state index contributed by atoms with van der Waals surface area (Å²) < 4.78 is 10.6. The van der Waals surface area contributed by atoms with Crippen molar-refractivity contribution >= 4 is 0 Å². The molecule has 1 aliphatic heterocycles. The van der Waals surface area contributed by atoms with Crippen molar-refractivity contribution in [3.8, 4) is 0 Å². The van der Waals surface area contributed by atoms with E-state index in [9.17, 15) is 0 Å². The van der Waals surface area contributed by atoms with Gasteiger partial charge in [-0.1, -0.05) is 11.2 Å². The standard InChI is InChI=1S/C17H25N5O2/c1-14(23-2)17-19-16(24-20-17)13-22-9-5-8-21(10-11-22)12-15-6-3-4-7-18-15/h3-4,6-7,14H,5,8-13H2,1-2H3/t14-/m1/s1. The summed E-state index contributed by atoms with van der Waals surface area (Å²) in [7, 11) is 1.64. The number of hydrogen-bond acceptors (Lipinski definition) is 7. The SMILES string of the molecule is CO[C@H](C)c1noc(CN2CCCN(Cc3ccccn3)CC2)n1. The Labute approximate surface area is 142 Å². The Bertz CT molecular complexity index is 618. The molecule has 7 nitrogen and oxygen atoms in total. The van der Waals surface area contributed by atoms with Gasteiger partial charge in [-0.05, 0) is 38.6 Å². The average Bonchev–Trinajstić information content (AvgIpc) is 2.97. The van der Waals surface area contributed by atoms with Crippen molar-refractivity contribution < 1.29 is 9.26 Å². The Morgan fingerprint density at radius 2 is 1.96 bits per heavy atom. The van der Waals surface area contributed by atoms with Gasteiger partial charge in [-0.15, -0.1) is 0 Å². The summed E-state index contributed by atoms with van der Waals surface area (Å²) in [4.78, 5) is 13.7. The lowest BCUT2D eigenvalue weighted by molar-refractivity contribution is 0.109. The Morgan fingerprint density at radius 3 is 2.67 bits per heavy atom. The van der Waals surface area contributed by atoms with Gasteiger partial charge in [0.05, 0.1) is 12.2 Å². The van der Waals surface area contributed by atoms with Crippen molar-refractivity contribution in [2.24, 2.45) is 0 Å². The first-order chi connectivity index (χ1) is 11.7. The molecule has 0 aliphatic carbocycles. The molecular formula is C17H25N5O2. The Morgan fingerprint density at radius 1 is 1.17 bits per heavy atom. The molecule has 0 aromatic carbocycles. The summed E-state index contributed by atoms with van der Waals surface area (Å²) in [6, 6.07) is 6.08. The zero-order chi connectivity index (χ0) is 16.8. The monoisotopic (exact) mass is 331 g/mol. The normalized spacial score (nSPS) is 18.4. The van der Waals surface area contributed by atoms with Gasteiger partial charge >= 0.3 is 0 Å². The molecule has 0 unspecified atom stereocenters. The molecule has 1 atom stereocenters. The van der Waals surface area contributed by atoms with Crippen LogP contribution in [0.5, 0.6) is 0 Å². The van der Waals surface area contributed by atoms with Gasteiger partial charge in [-0.25, -0.2) is 0 Å². The Kier molecular flexibility index (Phi) is 5.90. The molecule has 1 fully saturated rings. The van der Waals surface area contributed by atoms with Gasteiger partial charge in [-0.3, -0.25) is 14.8 Å². The van der Waals surface area contributed by atoms with E-state index < -0.39 is 0 Å². The summed E-state index contributed by atoms with van der Waals surface area (Å²) in [5.41, 5.74) is 1.13. The minimum Gasteiger partial charge on any atom is -0.374 e. The molecule has 24 heavy (non-hydrogen) atoms. The first-order valence-electron chi connectivity index (χ1n) is 8.44. The number of methoxy groups -OCH3 is 1. The number of ether oxygens (including phenoxy) is 1. The zero-order valence-electron chi connectivity index (χ0n) is 14.4. The molecule has 7 heteroatoms. The second kappa shape index (κ2) is 8.32. The average molecular weight is 331 g/mol. The fraction of sp³-hybridized carbons (Fsp3) is 0.588. The van der Waals surface area contributed by atoms with E-state index >= 15 is 0 Å². The van der Waals surface area contributed by atoms with E-state index in [1.807, 2.05) is 25.3 Å². The van der Waals surface area contributed by atoms with Gasteiger partial charge in [0.25, 0.3) is 0 Å². The predicted octanol–water partition coefficient (Wildman–Crippen LogP) is 1.88. The van der Waals surface area contributed by atoms with Gasteiger partial charge in [0.2, 0.25) is 5.89 Å². The topological polar surface area (TPSA) is 67.5 Å². The van der Waals surface area contributed by atoms with Crippen LogP contribution in [-0.4, -0.2) is 58.2 Å². The van der Waals surface area contributed by atoms with Gasteiger partial charge in [-0.2, -0.15) is 4.98 Å². The number of pyridine rings is 1. The zero-order valence-corrected chi connectivity index (χ0v) is 14.4. The third kappa shape index (κ3) is 4.59. The lowest BCUT2D eigenvalue weighted by Crippen LogP contribution is -2.30. The highest BCUT2D eigenvalue weighted by molar-refractivity contribution is 5.03. The fourth-order valence-electron chi connectivity index (χ4n) is 2.86. The number of hydrogen-bond donors (Lipinski definition) is 0. The van der Waals surface area contributed by atoms with Gasteiger partial charge in [0, 0.05) is 32.9 Å². The number of nitrogens with zero attached hydrogens (tertiary/aromatic N) is 5. The molecule has 0 saturated carbocycles. The fourth-order valence-corrected chi connectivity index (χ4v) is 2.86. The molecule has 0 spiro atoms. The maximum Gasteiger partial charge on any atom is 0.240 e. The Balaban J connectivity index is 1.51. The molecule has 1 aliphatic rings. The largest absolute Gasteiger partial charge is 0.374 e. The van der Waals surface area contributed by atoms with Crippen LogP contribution in [0.4, 0.5) is 0 Å². The summed E-state index contributed by atoms with van der Waals surface area (Å²) in [5.74, 6) is 1.27. The van der Waals surface area contributed by atoms with Crippen LogP contribution in [0.25, 0.3) is 0 Å². The van der Waals surface area contributed by atoms with E-state index in [4.69, 9.17) is 9.26 Å². The minimum atomic E-state index is -0.138. The van der Waals surface area contributed by atoms with Crippen LogP contribution >= 0.6 is 0 Å². The molecule has 3 heterocycles. The molecule has 0 bridgehead atoms. The first kappa shape index (κ1) is 17.0. The number of rotatable bonds is 6. The van der Waals surface area contributed by atoms with Gasteiger partial charge < -0.3 is 9.26 Å². The van der Waals surface area contributed by atoms with Crippen LogP contribution in [-0.2, 0) is 17.8 Å². The molecule has 1 saturated heterocycles. The van der Waals surface area contributed by atoms with Gasteiger partial charge in [0.15, 0.2) is 5.82 Å². The van der Waals surface area contributed by atoms with E-state index in [0.717, 1.165) is 44.8 Å².